The van der Waals surface area contributed by atoms with Crippen molar-refractivity contribution < 1.29 is 23.1 Å². The maximum absolute atomic E-state index is 12.3. The van der Waals surface area contributed by atoms with Crippen molar-refractivity contribution in [3.63, 3.8) is 0 Å². The van der Waals surface area contributed by atoms with E-state index in [2.05, 4.69) is 10.0 Å². The van der Waals surface area contributed by atoms with Crippen molar-refractivity contribution >= 4 is 27.7 Å². The molecule has 2 aliphatic rings. The van der Waals surface area contributed by atoms with Gasteiger partial charge in [-0.05, 0) is 55.9 Å². The predicted octanol–water partition coefficient (Wildman–Crippen LogP) is 1.70. The highest BCUT2D eigenvalue weighted by molar-refractivity contribution is 7.89. The molecule has 1 saturated heterocycles. The maximum atomic E-state index is 12.3. The first-order chi connectivity index (χ1) is 12.3. The van der Waals surface area contributed by atoms with E-state index in [4.69, 9.17) is 5.11 Å². The number of nitrogens with zero attached hydrogens (tertiary/aromatic N) is 1. The van der Waals surface area contributed by atoms with Gasteiger partial charge in [0.2, 0.25) is 10.0 Å². The minimum absolute atomic E-state index is 0.153. The molecular weight excluding hydrogens is 358 g/mol. The van der Waals surface area contributed by atoms with Crippen LogP contribution >= 0.6 is 0 Å². The van der Waals surface area contributed by atoms with Gasteiger partial charge in [0, 0.05) is 25.3 Å². The van der Waals surface area contributed by atoms with Crippen LogP contribution in [0.2, 0.25) is 0 Å². The lowest BCUT2D eigenvalue weighted by Crippen LogP contribution is -2.44. The van der Waals surface area contributed by atoms with Gasteiger partial charge in [-0.25, -0.2) is 17.9 Å². The van der Waals surface area contributed by atoms with Crippen molar-refractivity contribution in [3.05, 3.63) is 24.3 Å². The van der Waals surface area contributed by atoms with E-state index in [-0.39, 0.29) is 17.5 Å². The number of carbonyl (C=O) groups is 2. The van der Waals surface area contributed by atoms with Gasteiger partial charge in [-0.3, -0.25) is 4.79 Å². The molecule has 3 rings (SSSR count). The monoisotopic (exact) mass is 381 g/mol. The molecule has 1 aromatic carbocycles. The number of urea groups is 1. The molecule has 142 valence electrons. The summed E-state index contributed by atoms with van der Waals surface area (Å²) in [6.07, 6.45) is 3.34. The van der Waals surface area contributed by atoms with Crippen LogP contribution in [-0.2, 0) is 14.8 Å². The lowest BCUT2D eigenvalue weighted by atomic mass is 9.99. The van der Waals surface area contributed by atoms with Gasteiger partial charge in [-0.2, -0.15) is 0 Å². The molecule has 0 radical (unpaired) electrons. The number of hydrogen-bond donors (Lipinski definition) is 3. The first kappa shape index (κ1) is 18.7. The summed E-state index contributed by atoms with van der Waals surface area (Å²) < 4.78 is 27.0. The van der Waals surface area contributed by atoms with Crippen LogP contribution in [0.1, 0.15) is 25.7 Å². The Morgan fingerprint density at radius 2 is 1.85 bits per heavy atom. The molecule has 0 aromatic heterocycles. The fraction of sp³-hybridized carbons (Fsp3) is 0.529. The molecule has 2 fully saturated rings. The lowest BCUT2D eigenvalue weighted by Gasteiger charge is -2.30. The highest BCUT2D eigenvalue weighted by atomic mass is 32.2. The maximum Gasteiger partial charge on any atom is 0.321 e. The highest BCUT2D eigenvalue weighted by Crippen LogP contribution is 2.28. The normalized spacial score (nSPS) is 20.6. The zero-order valence-corrected chi connectivity index (χ0v) is 15.2. The topological polar surface area (TPSA) is 116 Å². The Morgan fingerprint density at radius 1 is 1.15 bits per heavy atom. The molecule has 2 amide bonds. The number of sulfonamides is 1. The summed E-state index contributed by atoms with van der Waals surface area (Å²) in [5.41, 5.74) is 0.466. The Labute approximate surface area is 152 Å². The number of piperidine rings is 1. The Morgan fingerprint density at radius 3 is 2.46 bits per heavy atom. The van der Waals surface area contributed by atoms with E-state index in [1.165, 1.54) is 29.2 Å². The Balaban J connectivity index is 1.58. The van der Waals surface area contributed by atoms with Crippen molar-refractivity contribution in [2.45, 2.75) is 30.6 Å². The predicted molar refractivity (Wildman–Crippen MR) is 95.3 cm³/mol. The molecule has 1 aliphatic heterocycles. The summed E-state index contributed by atoms with van der Waals surface area (Å²) >= 11 is 0. The van der Waals surface area contributed by atoms with E-state index in [0.29, 0.717) is 37.5 Å². The van der Waals surface area contributed by atoms with Crippen LogP contribution in [0.3, 0.4) is 0 Å². The molecule has 0 bridgehead atoms. The first-order valence-electron chi connectivity index (χ1n) is 8.73. The standard InChI is InChI=1S/C17H23N3O5S/c21-16(22)13-2-1-9-20(11-13)17(23)19-14-5-7-15(8-6-14)26(24,25)18-10-12-3-4-12/h5-8,12-13,18H,1-4,9-11H2,(H,19,23)(H,21,22). The average Bonchev–Trinajstić information content (AvgIpc) is 3.45. The number of rotatable bonds is 6. The van der Waals surface area contributed by atoms with Crippen LogP contribution in [-0.4, -0.2) is 50.1 Å². The van der Waals surface area contributed by atoms with Crippen molar-refractivity contribution in [1.29, 1.82) is 0 Å². The van der Waals surface area contributed by atoms with E-state index in [0.717, 1.165) is 12.8 Å². The minimum Gasteiger partial charge on any atom is -0.481 e. The van der Waals surface area contributed by atoms with Crippen molar-refractivity contribution in [2.75, 3.05) is 25.0 Å². The molecule has 1 unspecified atom stereocenters. The lowest BCUT2D eigenvalue weighted by molar-refractivity contribution is -0.143. The Kier molecular flexibility index (Phi) is 5.47. The van der Waals surface area contributed by atoms with Crippen LogP contribution in [0, 0.1) is 11.8 Å². The number of nitrogens with one attached hydrogen (secondary N) is 2. The van der Waals surface area contributed by atoms with Gasteiger partial charge in [0.1, 0.15) is 0 Å². The SMILES string of the molecule is O=C(O)C1CCCN(C(=O)Nc2ccc(S(=O)(=O)NCC3CC3)cc2)C1. The van der Waals surface area contributed by atoms with Crippen molar-refractivity contribution in [1.82, 2.24) is 9.62 Å². The van der Waals surface area contributed by atoms with E-state index < -0.39 is 21.9 Å². The second kappa shape index (κ2) is 7.63. The molecule has 1 atom stereocenters. The number of aliphatic carboxylic acids is 1. The Hall–Kier alpha value is -2.13. The Bertz CT molecular complexity index is 774. The van der Waals surface area contributed by atoms with Gasteiger partial charge in [0.05, 0.1) is 10.8 Å². The fourth-order valence-electron chi connectivity index (χ4n) is 2.92. The number of likely N-dealkylation sites (tertiary alicyclic amines) is 1. The van der Waals surface area contributed by atoms with E-state index in [9.17, 15) is 18.0 Å². The number of anilines is 1. The highest BCUT2D eigenvalue weighted by Gasteiger charge is 2.28. The van der Waals surface area contributed by atoms with Gasteiger partial charge >= 0.3 is 12.0 Å². The molecule has 1 aliphatic carbocycles. The van der Waals surface area contributed by atoms with Crippen molar-refractivity contribution in [2.24, 2.45) is 11.8 Å². The third-order valence-corrected chi connectivity index (χ3v) is 6.17. The third kappa shape index (κ3) is 4.73. The summed E-state index contributed by atoms with van der Waals surface area (Å²) in [6, 6.07) is 5.57. The summed E-state index contributed by atoms with van der Waals surface area (Å²) in [7, 11) is -3.54. The quantitative estimate of drug-likeness (QED) is 0.694. The number of amides is 2. The molecule has 1 aromatic rings. The van der Waals surface area contributed by atoms with Gasteiger partial charge in [-0.15, -0.1) is 0 Å². The van der Waals surface area contributed by atoms with Gasteiger partial charge in [0.25, 0.3) is 0 Å². The van der Waals surface area contributed by atoms with Crippen LogP contribution in [0.25, 0.3) is 0 Å². The molecule has 9 heteroatoms. The summed E-state index contributed by atoms with van der Waals surface area (Å²) in [6.45, 7) is 1.15. The van der Waals surface area contributed by atoms with Gasteiger partial charge < -0.3 is 15.3 Å². The minimum atomic E-state index is -3.54. The number of carboxylic acids is 1. The summed E-state index contributed by atoms with van der Waals surface area (Å²) in [5, 5.41) is 11.8. The van der Waals surface area contributed by atoms with Crippen LogP contribution in [0.15, 0.2) is 29.2 Å². The van der Waals surface area contributed by atoms with E-state index in [1.807, 2.05) is 0 Å². The largest absolute Gasteiger partial charge is 0.481 e. The second-order valence-electron chi connectivity index (χ2n) is 6.87. The van der Waals surface area contributed by atoms with E-state index >= 15 is 0 Å². The zero-order chi connectivity index (χ0) is 18.7. The number of carboxylic acid groups (broad SMARTS) is 1. The zero-order valence-electron chi connectivity index (χ0n) is 14.3. The van der Waals surface area contributed by atoms with Gasteiger partial charge in [-0.1, -0.05) is 0 Å². The molecule has 1 saturated carbocycles. The molecular formula is C17H23N3O5S. The molecule has 0 spiro atoms. The molecule has 26 heavy (non-hydrogen) atoms. The molecule has 8 nitrogen and oxygen atoms in total. The third-order valence-electron chi connectivity index (χ3n) is 4.73. The fourth-order valence-corrected chi connectivity index (χ4v) is 4.03. The van der Waals surface area contributed by atoms with Crippen LogP contribution < -0.4 is 10.0 Å². The molecule has 3 N–H and O–H groups in total. The van der Waals surface area contributed by atoms with Crippen LogP contribution in [0.4, 0.5) is 10.5 Å². The first-order valence-corrected chi connectivity index (χ1v) is 10.2. The summed E-state index contributed by atoms with van der Waals surface area (Å²) in [5.74, 6) is -0.988. The second-order valence-corrected chi connectivity index (χ2v) is 8.64. The summed E-state index contributed by atoms with van der Waals surface area (Å²) in [4.78, 5) is 25.0. The average molecular weight is 381 g/mol. The van der Waals surface area contributed by atoms with Gasteiger partial charge in [0.15, 0.2) is 0 Å². The number of carbonyl (C=O) groups excluding carboxylic acids is 1. The smallest absolute Gasteiger partial charge is 0.321 e. The van der Waals surface area contributed by atoms with E-state index in [1.54, 1.807) is 0 Å². The van der Waals surface area contributed by atoms with Crippen molar-refractivity contribution in [3.8, 4) is 0 Å². The number of hydrogen-bond acceptors (Lipinski definition) is 4. The molecule has 1 heterocycles. The number of benzene rings is 1. The van der Waals surface area contributed by atoms with Crippen LogP contribution in [0.5, 0.6) is 0 Å².